The maximum Gasteiger partial charge on any atom is 0.129 e. The van der Waals surface area contributed by atoms with E-state index in [1.165, 1.54) is 54.6 Å². The Morgan fingerprint density at radius 3 is 2.21 bits per heavy atom. The summed E-state index contributed by atoms with van der Waals surface area (Å²) in [5.41, 5.74) is 6.89. The number of hydrogen-bond donors (Lipinski definition) is 0. The van der Waals surface area contributed by atoms with Crippen LogP contribution in [0.15, 0.2) is 84.0 Å². The molecule has 2 aromatic carbocycles. The Labute approximate surface area is 231 Å². The smallest absolute Gasteiger partial charge is 0.129 e. The predicted molar refractivity (Wildman–Crippen MR) is 160 cm³/mol. The average Bonchev–Trinajstić information content (AvgIpc) is 3.14. The number of ether oxygens (including phenoxy) is 1. The zero-order valence-electron chi connectivity index (χ0n) is 24.0. The van der Waals surface area contributed by atoms with Gasteiger partial charge in [-0.3, -0.25) is 4.90 Å². The molecule has 3 nitrogen and oxygen atoms in total. The Balaban J connectivity index is 0.00000195. The van der Waals surface area contributed by atoms with E-state index in [1.54, 1.807) is 12.5 Å². The zero-order valence-corrected chi connectivity index (χ0v) is 24.0. The molecule has 0 N–H and O–H groups in total. The minimum atomic E-state index is 0.259. The summed E-state index contributed by atoms with van der Waals surface area (Å²) in [6, 6.07) is 17.2. The van der Waals surface area contributed by atoms with Crippen molar-refractivity contribution in [3.63, 3.8) is 0 Å². The summed E-state index contributed by atoms with van der Waals surface area (Å²) in [5.74, 6) is 1.97. The van der Waals surface area contributed by atoms with E-state index in [4.69, 9.17) is 4.74 Å². The molecule has 0 spiro atoms. The highest BCUT2D eigenvalue weighted by molar-refractivity contribution is 5.75. The van der Waals surface area contributed by atoms with Crippen LogP contribution in [0.3, 0.4) is 0 Å². The van der Waals surface area contributed by atoms with E-state index in [2.05, 4.69) is 72.5 Å². The molecule has 1 heterocycles. The van der Waals surface area contributed by atoms with Gasteiger partial charge in [0.05, 0.1) is 0 Å². The second-order valence-corrected chi connectivity index (χ2v) is 10.6. The first-order valence-electron chi connectivity index (χ1n) is 14.6. The second-order valence-electron chi connectivity index (χ2n) is 10.6. The van der Waals surface area contributed by atoms with Gasteiger partial charge in [-0.2, -0.15) is 0 Å². The third kappa shape index (κ3) is 10.5. The monoisotopic (exact) mass is 513 g/mol. The van der Waals surface area contributed by atoms with Crippen molar-refractivity contribution in [2.24, 2.45) is 5.92 Å². The van der Waals surface area contributed by atoms with Crippen molar-refractivity contribution in [3.05, 3.63) is 101 Å². The van der Waals surface area contributed by atoms with Crippen LogP contribution in [0.25, 0.3) is 0 Å². The molecule has 0 radical (unpaired) electrons. The maximum atomic E-state index is 11.1. The highest BCUT2D eigenvalue weighted by Gasteiger charge is 2.20. The summed E-state index contributed by atoms with van der Waals surface area (Å²) in [6.45, 7) is 11.9. The predicted octanol–water partition coefficient (Wildman–Crippen LogP) is 8.64. The summed E-state index contributed by atoms with van der Waals surface area (Å²) in [6.07, 6.45) is 16.4. The Hall–Kier alpha value is -2.91. The van der Waals surface area contributed by atoms with Crippen LogP contribution >= 0.6 is 0 Å². The molecular weight excluding hydrogens is 466 g/mol. The number of likely N-dealkylation sites (tertiary alicyclic amines) is 1. The molecule has 0 bridgehead atoms. The number of nitrogens with zero attached hydrogens (tertiary/aromatic N) is 1. The van der Waals surface area contributed by atoms with Crippen LogP contribution in [0.5, 0.6) is 5.75 Å². The van der Waals surface area contributed by atoms with E-state index in [9.17, 15) is 4.79 Å². The molecule has 204 valence electrons. The van der Waals surface area contributed by atoms with Crippen molar-refractivity contribution in [2.75, 3.05) is 13.1 Å². The minimum absolute atomic E-state index is 0.259. The van der Waals surface area contributed by atoms with Gasteiger partial charge in [-0.05, 0) is 100 Å². The lowest BCUT2D eigenvalue weighted by Crippen LogP contribution is -2.33. The molecule has 1 aliphatic carbocycles. The molecule has 4 rings (SSSR count). The van der Waals surface area contributed by atoms with E-state index >= 15 is 0 Å². The van der Waals surface area contributed by atoms with E-state index in [1.807, 2.05) is 26.0 Å². The number of rotatable bonds is 11. The minimum Gasteiger partial charge on any atom is -0.489 e. The number of hydrogen-bond acceptors (Lipinski definition) is 3. The molecule has 1 aliphatic heterocycles. The molecule has 0 saturated carbocycles. The molecule has 0 unspecified atom stereocenters. The molecule has 0 aromatic heterocycles. The van der Waals surface area contributed by atoms with Crippen LogP contribution in [0.4, 0.5) is 0 Å². The van der Waals surface area contributed by atoms with Crippen molar-refractivity contribution in [3.8, 4) is 5.75 Å². The fourth-order valence-corrected chi connectivity index (χ4v) is 5.21. The SMILES string of the molecule is CC.CC(=O)CCCc1ccc(OCc2ccc(CN3CCC(CC4=CC=CC=C(C)C4)CC3)cc2)cc1. The van der Waals surface area contributed by atoms with Gasteiger partial charge in [-0.1, -0.05) is 85.7 Å². The fraction of sp³-hybridized carbons (Fsp3) is 0.457. The van der Waals surface area contributed by atoms with Gasteiger partial charge in [0.15, 0.2) is 0 Å². The molecular formula is C35H47NO2. The lowest BCUT2D eigenvalue weighted by molar-refractivity contribution is -0.117. The van der Waals surface area contributed by atoms with Crippen molar-refractivity contribution in [1.29, 1.82) is 0 Å². The largest absolute Gasteiger partial charge is 0.489 e. The van der Waals surface area contributed by atoms with Crippen molar-refractivity contribution >= 4 is 5.78 Å². The Morgan fingerprint density at radius 1 is 0.895 bits per heavy atom. The first-order valence-corrected chi connectivity index (χ1v) is 14.6. The van der Waals surface area contributed by atoms with E-state index in [-0.39, 0.29) is 5.78 Å². The van der Waals surface area contributed by atoms with E-state index in [0.29, 0.717) is 13.0 Å². The molecule has 1 saturated heterocycles. The normalized spacial score (nSPS) is 16.1. The highest BCUT2D eigenvalue weighted by Crippen LogP contribution is 2.28. The number of carbonyl (C=O) groups is 1. The fourth-order valence-electron chi connectivity index (χ4n) is 5.21. The van der Waals surface area contributed by atoms with Crippen LogP contribution in [0.2, 0.25) is 0 Å². The summed E-state index contributed by atoms with van der Waals surface area (Å²) >= 11 is 0. The van der Waals surface area contributed by atoms with Crippen molar-refractivity contribution in [2.45, 2.75) is 85.8 Å². The van der Waals surface area contributed by atoms with Crippen molar-refractivity contribution < 1.29 is 9.53 Å². The molecule has 2 aliphatic rings. The summed E-state index contributed by atoms with van der Waals surface area (Å²) in [7, 11) is 0. The molecule has 0 amide bonds. The Bertz CT molecular complexity index is 1070. The van der Waals surface area contributed by atoms with Gasteiger partial charge in [-0.25, -0.2) is 0 Å². The van der Waals surface area contributed by atoms with Gasteiger partial charge in [0, 0.05) is 13.0 Å². The quantitative estimate of drug-likeness (QED) is 0.301. The van der Waals surface area contributed by atoms with E-state index in [0.717, 1.165) is 37.5 Å². The van der Waals surface area contributed by atoms with Gasteiger partial charge < -0.3 is 9.53 Å². The lowest BCUT2D eigenvalue weighted by Gasteiger charge is -2.32. The Kier molecular flexibility index (Phi) is 12.6. The van der Waals surface area contributed by atoms with Gasteiger partial charge >= 0.3 is 0 Å². The summed E-state index contributed by atoms with van der Waals surface area (Å²) in [4.78, 5) is 13.7. The number of allylic oxidation sites excluding steroid dienone is 6. The zero-order chi connectivity index (χ0) is 27.2. The molecule has 38 heavy (non-hydrogen) atoms. The average molecular weight is 514 g/mol. The number of benzene rings is 2. The van der Waals surface area contributed by atoms with Gasteiger partial charge in [0.2, 0.25) is 0 Å². The van der Waals surface area contributed by atoms with Crippen LogP contribution in [-0.4, -0.2) is 23.8 Å². The molecule has 2 aromatic rings. The maximum absolute atomic E-state index is 11.1. The number of ketones is 1. The van der Waals surface area contributed by atoms with Gasteiger partial charge in [0.25, 0.3) is 0 Å². The summed E-state index contributed by atoms with van der Waals surface area (Å²) < 4.78 is 5.99. The molecule has 3 heteroatoms. The van der Waals surface area contributed by atoms with Gasteiger partial charge in [-0.15, -0.1) is 0 Å². The first kappa shape index (κ1) is 29.6. The molecule has 0 atom stereocenters. The topological polar surface area (TPSA) is 29.5 Å². The van der Waals surface area contributed by atoms with E-state index < -0.39 is 0 Å². The third-order valence-corrected chi connectivity index (χ3v) is 7.34. The van der Waals surface area contributed by atoms with Crippen LogP contribution in [-0.2, 0) is 24.4 Å². The van der Waals surface area contributed by atoms with Gasteiger partial charge in [0.1, 0.15) is 18.1 Å². The second kappa shape index (κ2) is 16.1. The number of aryl methyl sites for hydroxylation is 1. The first-order chi connectivity index (χ1) is 18.5. The molecule has 1 fully saturated rings. The number of piperidine rings is 1. The van der Waals surface area contributed by atoms with Crippen LogP contribution in [0.1, 0.15) is 82.9 Å². The summed E-state index contributed by atoms with van der Waals surface area (Å²) in [5, 5.41) is 0. The number of carbonyl (C=O) groups excluding carboxylic acids is 1. The Morgan fingerprint density at radius 2 is 1.53 bits per heavy atom. The van der Waals surface area contributed by atoms with Crippen LogP contribution in [0, 0.1) is 5.92 Å². The van der Waals surface area contributed by atoms with Crippen LogP contribution < -0.4 is 4.74 Å². The third-order valence-electron chi connectivity index (χ3n) is 7.34. The number of Topliss-reactive ketones (excluding diaryl/α,β-unsaturated/α-hetero) is 1. The lowest BCUT2D eigenvalue weighted by atomic mass is 9.88. The standard InChI is InChI=1S/C33H41NO2.C2H6/c1-26-6-3-4-8-32(22-26)23-29-18-20-34(21-19-29)24-30-10-12-31(13-11-30)25-36-33-16-14-28(15-17-33)9-5-7-27(2)35;1-2/h3-4,6,8,10-17,29H,5,7,9,18-25H2,1-2H3;1-2H3. The highest BCUT2D eigenvalue weighted by atomic mass is 16.5. The van der Waals surface area contributed by atoms with Crippen molar-refractivity contribution in [1.82, 2.24) is 4.90 Å².